The van der Waals surface area contributed by atoms with Gasteiger partial charge in [-0.3, -0.25) is 9.69 Å². The number of benzene rings is 1. The number of sulfonamides is 1. The fourth-order valence-electron chi connectivity index (χ4n) is 3.28. The molecule has 0 aromatic heterocycles. The average molecular weight is 396 g/mol. The van der Waals surface area contributed by atoms with Gasteiger partial charge in [-0.1, -0.05) is 43.9 Å². The zero-order valence-corrected chi connectivity index (χ0v) is 17.6. The summed E-state index contributed by atoms with van der Waals surface area (Å²) in [5.74, 6) is 0.0221. The highest BCUT2D eigenvalue weighted by Gasteiger charge is 2.29. The van der Waals surface area contributed by atoms with E-state index in [1.54, 1.807) is 12.1 Å². The van der Waals surface area contributed by atoms with Gasteiger partial charge in [0, 0.05) is 32.2 Å². The Hall–Kier alpha value is -1.44. The van der Waals surface area contributed by atoms with Gasteiger partial charge in [0.15, 0.2) is 0 Å². The summed E-state index contributed by atoms with van der Waals surface area (Å²) in [4.78, 5) is 14.6. The largest absolute Gasteiger partial charge is 0.353 e. The molecule has 1 aromatic rings. The first kappa shape index (κ1) is 21.9. The fourth-order valence-corrected chi connectivity index (χ4v) is 4.71. The summed E-state index contributed by atoms with van der Waals surface area (Å²) in [6.07, 6.45) is 4.50. The lowest BCUT2D eigenvalue weighted by Crippen LogP contribution is -2.51. The third kappa shape index (κ3) is 6.59. The molecule has 27 heavy (non-hydrogen) atoms. The van der Waals surface area contributed by atoms with Gasteiger partial charge in [-0.25, -0.2) is 8.42 Å². The van der Waals surface area contributed by atoms with Crippen LogP contribution >= 0.6 is 0 Å². The van der Waals surface area contributed by atoms with Crippen molar-refractivity contribution in [3.8, 4) is 0 Å². The molecular weight excluding hydrogens is 362 g/mol. The smallest absolute Gasteiger partial charge is 0.243 e. The minimum absolute atomic E-state index is 0.0221. The van der Waals surface area contributed by atoms with Crippen molar-refractivity contribution in [2.45, 2.75) is 57.4 Å². The lowest BCUT2D eigenvalue weighted by Gasteiger charge is -2.33. The van der Waals surface area contributed by atoms with Crippen LogP contribution in [-0.4, -0.2) is 62.3 Å². The maximum Gasteiger partial charge on any atom is 0.243 e. The van der Waals surface area contributed by atoms with Gasteiger partial charge >= 0.3 is 0 Å². The number of unbranched alkanes of at least 4 members (excludes halogenated alkanes) is 2. The zero-order valence-electron chi connectivity index (χ0n) is 16.8. The van der Waals surface area contributed by atoms with E-state index in [0.29, 0.717) is 37.6 Å². The second-order valence-corrected chi connectivity index (χ2v) is 9.40. The molecule has 0 radical (unpaired) electrons. The molecule has 0 bridgehead atoms. The van der Waals surface area contributed by atoms with Gasteiger partial charge in [0.2, 0.25) is 15.9 Å². The monoisotopic (exact) mass is 395 g/mol. The molecule has 1 N–H and O–H groups in total. The third-order valence-electron chi connectivity index (χ3n) is 5.01. The first-order valence-electron chi connectivity index (χ1n) is 9.91. The van der Waals surface area contributed by atoms with Crippen molar-refractivity contribution in [2.24, 2.45) is 0 Å². The van der Waals surface area contributed by atoms with Gasteiger partial charge < -0.3 is 5.32 Å². The first-order chi connectivity index (χ1) is 12.8. The number of carbonyl (C=O) groups is 1. The van der Waals surface area contributed by atoms with Crippen molar-refractivity contribution >= 4 is 15.9 Å². The molecule has 1 atom stereocenters. The number of carbonyl (C=O) groups excluding carboxylic acids is 1. The van der Waals surface area contributed by atoms with Crippen molar-refractivity contribution in [1.29, 1.82) is 0 Å². The molecule has 0 saturated carbocycles. The van der Waals surface area contributed by atoms with E-state index in [-0.39, 0.29) is 11.9 Å². The van der Waals surface area contributed by atoms with Gasteiger partial charge in [0.25, 0.3) is 0 Å². The van der Waals surface area contributed by atoms with Crippen LogP contribution in [0.5, 0.6) is 0 Å². The minimum atomic E-state index is -3.46. The Morgan fingerprint density at radius 2 is 1.74 bits per heavy atom. The summed E-state index contributed by atoms with van der Waals surface area (Å²) in [6.45, 7) is 8.44. The van der Waals surface area contributed by atoms with Crippen molar-refractivity contribution in [1.82, 2.24) is 14.5 Å². The first-order valence-corrected chi connectivity index (χ1v) is 11.4. The van der Waals surface area contributed by atoms with E-state index in [9.17, 15) is 13.2 Å². The molecule has 1 saturated heterocycles. The molecular formula is C20H33N3O3S. The van der Waals surface area contributed by atoms with Gasteiger partial charge in [-0.15, -0.1) is 0 Å². The van der Waals surface area contributed by atoms with Crippen molar-refractivity contribution in [3.63, 3.8) is 0 Å². The van der Waals surface area contributed by atoms with Gasteiger partial charge in [0.1, 0.15) is 0 Å². The number of aryl methyl sites for hydroxylation is 1. The fraction of sp³-hybridized carbons (Fsp3) is 0.650. The third-order valence-corrected chi connectivity index (χ3v) is 6.92. The Labute approximate surface area is 164 Å². The maximum absolute atomic E-state index is 12.7. The molecule has 7 heteroatoms. The maximum atomic E-state index is 12.7. The number of nitrogens with zero attached hydrogens (tertiary/aromatic N) is 2. The second-order valence-electron chi connectivity index (χ2n) is 7.46. The topological polar surface area (TPSA) is 69.7 Å². The Balaban J connectivity index is 1.79. The highest BCUT2D eigenvalue weighted by molar-refractivity contribution is 7.89. The van der Waals surface area contributed by atoms with Crippen LogP contribution in [0.3, 0.4) is 0 Å². The highest BCUT2D eigenvalue weighted by atomic mass is 32.2. The molecule has 0 aliphatic carbocycles. The Morgan fingerprint density at radius 3 is 2.33 bits per heavy atom. The molecule has 1 amide bonds. The second kappa shape index (κ2) is 10.2. The van der Waals surface area contributed by atoms with Crippen LogP contribution in [0, 0.1) is 6.92 Å². The Bertz CT molecular complexity index is 696. The lowest BCUT2D eigenvalue weighted by atomic mass is 10.1. The van der Waals surface area contributed by atoms with Crippen LogP contribution in [0.2, 0.25) is 0 Å². The molecule has 1 aromatic carbocycles. The normalized spacial score (nSPS) is 17.6. The number of hydrogen-bond acceptors (Lipinski definition) is 4. The average Bonchev–Trinajstić information content (AvgIpc) is 2.62. The number of rotatable bonds is 9. The zero-order chi connectivity index (χ0) is 19.9. The number of piperazine rings is 1. The number of hydrogen-bond donors (Lipinski definition) is 1. The summed E-state index contributed by atoms with van der Waals surface area (Å²) >= 11 is 0. The van der Waals surface area contributed by atoms with E-state index in [0.717, 1.165) is 18.4 Å². The Kier molecular flexibility index (Phi) is 8.26. The summed E-state index contributed by atoms with van der Waals surface area (Å²) in [6, 6.07) is 7.13. The molecule has 1 unspecified atom stereocenters. The molecule has 1 aliphatic heterocycles. The van der Waals surface area contributed by atoms with E-state index >= 15 is 0 Å². The highest BCUT2D eigenvalue weighted by Crippen LogP contribution is 2.18. The van der Waals surface area contributed by atoms with Crippen LogP contribution in [-0.2, 0) is 14.8 Å². The summed E-state index contributed by atoms with van der Waals surface area (Å²) in [5, 5.41) is 3.05. The predicted molar refractivity (Wildman–Crippen MR) is 108 cm³/mol. The number of nitrogens with one attached hydrogen (secondary N) is 1. The van der Waals surface area contributed by atoms with E-state index < -0.39 is 10.0 Å². The minimum Gasteiger partial charge on any atom is -0.353 e. The van der Waals surface area contributed by atoms with Gasteiger partial charge in [-0.05, 0) is 32.4 Å². The molecule has 2 rings (SSSR count). The standard InChI is InChI=1S/C20H33N3O3S/c1-4-5-6-7-18(3)21-20(24)16-22-12-14-23(15-13-22)27(25,26)19-10-8-17(2)9-11-19/h8-11,18H,4-7,12-16H2,1-3H3,(H,21,24). The molecule has 0 spiro atoms. The summed E-state index contributed by atoms with van der Waals surface area (Å²) in [5.41, 5.74) is 1.04. The van der Waals surface area contributed by atoms with Crippen molar-refractivity contribution in [3.05, 3.63) is 29.8 Å². The molecule has 152 valence electrons. The van der Waals surface area contributed by atoms with Crippen molar-refractivity contribution < 1.29 is 13.2 Å². The van der Waals surface area contributed by atoms with Crippen molar-refractivity contribution in [2.75, 3.05) is 32.7 Å². The lowest BCUT2D eigenvalue weighted by molar-refractivity contribution is -0.123. The molecule has 6 nitrogen and oxygen atoms in total. The van der Waals surface area contributed by atoms with E-state index in [1.165, 1.54) is 17.1 Å². The quantitative estimate of drug-likeness (QED) is 0.652. The SMILES string of the molecule is CCCCCC(C)NC(=O)CN1CCN(S(=O)(=O)c2ccc(C)cc2)CC1. The Morgan fingerprint density at radius 1 is 1.11 bits per heavy atom. The van der Waals surface area contributed by atoms with E-state index in [2.05, 4.69) is 12.2 Å². The van der Waals surface area contributed by atoms with Crippen LogP contribution in [0.4, 0.5) is 0 Å². The van der Waals surface area contributed by atoms with Crippen LogP contribution in [0.15, 0.2) is 29.2 Å². The van der Waals surface area contributed by atoms with Crippen LogP contribution in [0.1, 0.15) is 45.1 Å². The number of amides is 1. The summed E-state index contributed by atoms with van der Waals surface area (Å²) in [7, 11) is -3.46. The molecule has 1 heterocycles. The predicted octanol–water partition coefficient (Wildman–Crippen LogP) is 2.39. The van der Waals surface area contributed by atoms with E-state index in [1.807, 2.05) is 30.9 Å². The summed E-state index contributed by atoms with van der Waals surface area (Å²) < 4.78 is 27.0. The van der Waals surface area contributed by atoms with Gasteiger partial charge in [-0.2, -0.15) is 4.31 Å². The van der Waals surface area contributed by atoms with Crippen LogP contribution < -0.4 is 5.32 Å². The molecule has 1 aliphatic rings. The molecule has 1 fully saturated rings. The van der Waals surface area contributed by atoms with E-state index in [4.69, 9.17) is 0 Å². The van der Waals surface area contributed by atoms with Gasteiger partial charge in [0.05, 0.1) is 11.4 Å². The van der Waals surface area contributed by atoms with Crippen LogP contribution in [0.25, 0.3) is 0 Å².